The van der Waals surface area contributed by atoms with Gasteiger partial charge in [-0.05, 0) is 51.6 Å². The van der Waals surface area contributed by atoms with Crippen LogP contribution < -0.4 is 10.1 Å². The van der Waals surface area contributed by atoms with Gasteiger partial charge in [0.25, 0.3) is 0 Å². The first-order chi connectivity index (χ1) is 15.2. The number of aromatic nitrogens is 3. The van der Waals surface area contributed by atoms with E-state index >= 15 is 0 Å². The Morgan fingerprint density at radius 2 is 2.16 bits per heavy atom. The number of likely N-dealkylation sites (tertiary alicyclic amines) is 1. The Labute approximate surface area is 181 Å². The molecule has 162 valence electrons. The Hall–Kier alpha value is -3.10. The van der Waals surface area contributed by atoms with E-state index in [4.69, 9.17) is 9.47 Å². The van der Waals surface area contributed by atoms with Gasteiger partial charge >= 0.3 is 0 Å². The zero-order chi connectivity index (χ0) is 21.6. The first-order valence-electron chi connectivity index (χ1n) is 10.5. The predicted molar refractivity (Wildman–Crippen MR) is 119 cm³/mol. The van der Waals surface area contributed by atoms with Crippen LogP contribution in [0.25, 0.3) is 22.0 Å². The normalized spacial score (nSPS) is 16.9. The highest BCUT2D eigenvalue weighted by Crippen LogP contribution is 2.35. The van der Waals surface area contributed by atoms with Crippen molar-refractivity contribution in [3.8, 4) is 17.0 Å². The predicted octanol–water partition coefficient (Wildman–Crippen LogP) is 3.38. The fraction of sp³-hybridized carbons (Fsp3) is 0.391. The largest absolute Gasteiger partial charge is 0.467 e. The van der Waals surface area contributed by atoms with E-state index in [2.05, 4.69) is 32.4 Å². The highest BCUT2D eigenvalue weighted by atomic mass is 16.7. The Bertz CT molecular complexity index is 1060. The Morgan fingerprint density at radius 1 is 1.26 bits per heavy atom. The number of nitrogens with zero attached hydrogens (tertiary/aromatic N) is 4. The van der Waals surface area contributed by atoms with Gasteiger partial charge in [-0.1, -0.05) is 6.07 Å². The third-order valence-corrected chi connectivity index (χ3v) is 5.45. The topological polar surface area (TPSA) is 89.5 Å². The van der Waals surface area contributed by atoms with Crippen LogP contribution >= 0.6 is 0 Å². The average molecular weight is 422 g/mol. The van der Waals surface area contributed by atoms with Gasteiger partial charge in [0, 0.05) is 53.5 Å². The summed E-state index contributed by atoms with van der Waals surface area (Å²) in [5, 5.41) is 14.4. The molecule has 0 unspecified atom stereocenters. The zero-order valence-electron chi connectivity index (χ0n) is 17.9. The highest BCUT2D eigenvalue weighted by molar-refractivity contribution is 6.00. The second kappa shape index (κ2) is 9.80. The second-order valence-electron chi connectivity index (χ2n) is 7.69. The van der Waals surface area contributed by atoms with E-state index in [1.807, 2.05) is 25.3 Å². The fourth-order valence-corrected chi connectivity index (χ4v) is 3.90. The molecule has 0 spiro atoms. The molecule has 3 aromatic rings. The molecule has 1 aliphatic heterocycles. The summed E-state index contributed by atoms with van der Waals surface area (Å²) in [6, 6.07) is 7.52. The van der Waals surface area contributed by atoms with E-state index < -0.39 is 0 Å². The van der Waals surface area contributed by atoms with Gasteiger partial charge in [0.2, 0.25) is 0 Å². The van der Waals surface area contributed by atoms with E-state index in [0.29, 0.717) is 29.7 Å². The van der Waals surface area contributed by atoms with Crippen molar-refractivity contribution < 1.29 is 14.3 Å². The molecular formula is C23H27N5O3. The van der Waals surface area contributed by atoms with Gasteiger partial charge in [-0.3, -0.25) is 9.78 Å². The van der Waals surface area contributed by atoms with Crippen LogP contribution in [0.5, 0.6) is 5.75 Å². The van der Waals surface area contributed by atoms with Crippen LogP contribution in [0.3, 0.4) is 0 Å². The molecule has 2 aromatic heterocycles. The van der Waals surface area contributed by atoms with Crippen molar-refractivity contribution in [2.24, 2.45) is 0 Å². The number of aldehydes is 1. The van der Waals surface area contributed by atoms with Crippen molar-refractivity contribution in [1.82, 2.24) is 20.1 Å². The van der Waals surface area contributed by atoms with E-state index in [9.17, 15) is 4.79 Å². The number of carbonyl (C=O) groups is 1. The minimum atomic E-state index is 0.0908. The molecule has 1 aromatic carbocycles. The van der Waals surface area contributed by atoms with Gasteiger partial charge in [-0.2, -0.15) is 0 Å². The van der Waals surface area contributed by atoms with Crippen LogP contribution in [0.15, 0.2) is 36.7 Å². The third-order valence-electron chi connectivity index (χ3n) is 5.45. The first kappa shape index (κ1) is 21.1. The smallest absolute Gasteiger partial charge is 0.189 e. The molecule has 1 N–H and O–H groups in total. The molecule has 1 saturated heterocycles. The summed E-state index contributed by atoms with van der Waals surface area (Å²) in [5.74, 6) is 1.26. The molecule has 1 aliphatic rings. The molecule has 8 nitrogen and oxygen atoms in total. The standard InChI is InChI=1S/C23H27N5O3/c1-3-30-15-31-21-11-16(14-29)6-7-19(21)22-18-8-9-24-12-20(18)23(27-26-22)25-17-5-4-10-28(2)13-17/h6-9,11-12,14,17H,3-5,10,13,15H2,1-2H3,(H,25,27)/t17-/m1/s1. The van der Waals surface area contributed by atoms with Crippen molar-refractivity contribution in [1.29, 1.82) is 0 Å². The number of hydrogen-bond acceptors (Lipinski definition) is 8. The summed E-state index contributed by atoms with van der Waals surface area (Å²) < 4.78 is 11.1. The van der Waals surface area contributed by atoms with Crippen LogP contribution in [-0.2, 0) is 4.74 Å². The SMILES string of the molecule is CCOCOc1cc(C=O)ccc1-c1nnc(N[C@@H]2CCCN(C)C2)c2cnccc12. The van der Waals surface area contributed by atoms with Gasteiger partial charge in [0.15, 0.2) is 12.6 Å². The third kappa shape index (κ3) is 4.81. The number of fused-ring (bicyclic) bond motifs is 1. The summed E-state index contributed by atoms with van der Waals surface area (Å²) in [4.78, 5) is 17.9. The van der Waals surface area contributed by atoms with Crippen LogP contribution in [0, 0.1) is 0 Å². The molecule has 8 heteroatoms. The molecule has 0 amide bonds. The molecule has 3 heterocycles. The number of pyridine rings is 1. The molecule has 1 fully saturated rings. The minimum Gasteiger partial charge on any atom is -0.467 e. The van der Waals surface area contributed by atoms with Gasteiger partial charge in [-0.25, -0.2) is 0 Å². The summed E-state index contributed by atoms with van der Waals surface area (Å²) in [5.41, 5.74) is 1.94. The summed E-state index contributed by atoms with van der Waals surface area (Å²) in [7, 11) is 2.13. The van der Waals surface area contributed by atoms with Crippen LogP contribution in [0.1, 0.15) is 30.1 Å². The maximum atomic E-state index is 11.3. The number of benzene rings is 1. The number of likely N-dealkylation sites (N-methyl/N-ethyl adjacent to an activating group) is 1. The van der Waals surface area contributed by atoms with Crippen molar-refractivity contribution in [2.45, 2.75) is 25.8 Å². The Balaban J connectivity index is 1.73. The van der Waals surface area contributed by atoms with E-state index in [0.717, 1.165) is 54.4 Å². The lowest BCUT2D eigenvalue weighted by Gasteiger charge is -2.30. The van der Waals surface area contributed by atoms with Gasteiger partial charge < -0.3 is 19.7 Å². The minimum absolute atomic E-state index is 0.0908. The molecule has 1 atom stereocenters. The fourth-order valence-electron chi connectivity index (χ4n) is 3.90. The van der Waals surface area contributed by atoms with Crippen molar-refractivity contribution in [2.75, 3.05) is 38.9 Å². The van der Waals surface area contributed by atoms with E-state index in [-0.39, 0.29) is 6.79 Å². The quantitative estimate of drug-likeness (QED) is 0.336. The second-order valence-corrected chi connectivity index (χ2v) is 7.69. The number of hydrogen-bond donors (Lipinski definition) is 1. The summed E-state index contributed by atoms with van der Waals surface area (Å²) in [6.45, 7) is 4.61. The molecule has 4 rings (SSSR count). The Kier molecular flexibility index (Phi) is 6.69. The Morgan fingerprint density at radius 3 is 2.97 bits per heavy atom. The molecule has 31 heavy (non-hydrogen) atoms. The van der Waals surface area contributed by atoms with Crippen LogP contribution in [0.4, 0.5) is 5.82 Å². The van der Waals surface area contributed by atoms with Crippen LogP contribution in [0.2, 0.25) is 0 Å². The molecule has 0 saturated carbocycles. The van der Waals surface area contributed by atoms with E-state index in [1.165, 1.54) is 0 Å². The lowest BCUT2D eigenvalue weighted by Crippen LogP contribution is -2.40. The number of nitrogens with one attached hydrogen (secondary N) is 1. The zero-order valence-corrected chi connectivity index (χ0v) is 17.9. The number of anilines is 1. The highest BCUT2D eigenvalue weighted by Gasteiger charge is 2.20. The monoisotopic (exact) mass is 421 g/mol. The number of piperidine rings is 1. The average Bonchev–Trinajstić information content (AvgIpc) is 2.80. The molecule has 0 bridgehead atoms. The number of ether oxygens (including phenoxy) is 2. The number of rotatable bonds is 8. The molecule has 0 aliphatic carbocycles. The maximum Gasteiger partial charge on any atom is 0.189 e. The number of carbonyl (C=O) groups excluding carboxylic acids is 1. The lowest BCUT2D eigenvalue weighted by atomic mass is 10.0. The van der Waals surface area contributed by atoms with Crippen molar-refractivity contribution in [3.63, 3.8) is 0 Å². The van der Waals surface area contributed by atoms with Crippen molar-refractivity contribution >= 4 is 22.9 Å². The summed E-state index contributed by atoms with van der Waals surface area (Å²) in [6.07, 6.45) is 6.59. The molecule has 0 radical (unpaired) electrons. The molecular weight excluding hydrogens is 394 g/mol. The van der Waals surface area contributed by atoms with Crippen molar-refractivity contribution in [3.05, 3.63) is 42.2 Å². The van der Waals surface area contributed by atoms with Gasteiger partial charge in [0.05, 0.1) is 0 Å². The van der Waals surface area contributed by atoms with Gasteiger partial charge in [0.1, 0.15) is 17.7 Å². The first-order valence-corrected chi connectivity index (χ1v) is 10.5. The summed E-state index contributed by atoms with van der Waals surface area (Å²) >= 11 is 0. The van der Waals surface area contributed by atoms with Gasteiger partial charge in [-0.15, -0.1) is 10.2 Å². The van der Waals surface area contributed by atoms with Crippen LogP contribution in [-0.4, -0.2) is 65.9 Å². The maximum absolute atomic E-state index is 11.3. The lowest BCUT2D eigenvalue weighted by molar-refractivity contribution is 0.0227. The van der Waals surface area contributed by atoms with E-state index in [1.54, 1.807) is 18.3 Å².